The average molecular weight is 254 g/mol. The van der Waals surface area contributed by atoms with Crippen LogP contribution in [0.1, 0.15) is 16.7 Å². The monoisotopic (exact) mass is 254 g/mol. The summed E-state index contributed by atoms with van der Waals surface area (Å²) in [7, 11) is 0. The lowest BCUT2D eigenvalue weighted by molar-refractivity contribution is 0.357. The van der Waals surface area contributed by atoms with Crippen LogP contribution in [0.15, 0.2) is 42.5 Å². The van der Waals surface area contributed by atoms with Crippen LogP contribution in [0.5, 0.6) is 5.75 Å². The zero-order valence-corrected chi connectivity index (χ0v) is 10.9. The molecule has 19 heavy (non-hydrogen) atoms. The van der Waals surface area contributed by atoms with Crippen molar-refractivity contribution in [3.63, 3.8) is 0 Å². The van der Waals surface area contributed by atoms with Crippen molar-refractivity contribution < 1.29 is 4.74 Å². The number of fused-ring (bicyclic) bond motifs is 1. The van der Waals surface area contributed by atoms with Gasteiger partial charge in [-0.25, -0.2) is 0 Å². The zero-order valence-electron chi connectivity index (χ0n) is 10.9. The van der Waals surface area contributed by atoms with E-state index in [1.165, 1.54) is 16.7 Å². The Labute approximate surface area is 113 Å². The summed E-state index contributed by atoms with van der Waals surface area (Å²) in [6, 6.07) is 14.4. The van der Waals surface area contributed by atoms with E-state index in [9.17, 15) is 0 Å². The SMILES string of the molecule is Nc1cccc(CNCc2ccc3c(c2)CCO3)c1. The number of rotatable bonds is 4. The number of nitrogen functional groups attached to an aromatic ring is 1. The summed E-state index contributed by atoms with van der Waals surface area (Å²) in [4.78, 5) is 0. The molecule has 3 rings (SSSR count). The molecule has 0 saturated heterocycles. The van der Waals surface area contributed by atoms with Gasteiger partial charge in [-0.15, -0.1) is 0 Å². The van der Waals surface area contributed by atoms with Gasteiger partial charge in [0.25, 0.3) is 0 Å². The lowest BCUT2D eigenvalue weighted by atomic mass is 10.1. The Kier molecular flexibility index (Phi) is 3.38. The van der Waals surface area contributed by atoms with Gasteiger partial charge < -0.3 is 15.8 Å². The van der Waals surface area contributed by atoms with E-state index in [-0.39, 0.29) is 0 Å². The quantitative estimate of drug-likeness (QED) is 0.824. The van der Waals surface area contributed by atoms with Crippen LogP contribution in [0.25, 0.3) is 0 Å². The fourth-order valence-corrected chi connectivity index (χ4v) is 2.40. The Balaban J connectivity index is 1.58. The summed E-state index contributed by atoms with van der Waals surface area (Å²) < 4.78 is 5.51. The first-order valence-electron chi connectivity index (χ1n) is 6.61. The van der Waals surface area contributed by atoms with E-state index in [1.807, 2.05) is 18.2 Å². The second-order valence-corrected chi connectivity index (χ2v) is 4.89. The molecule has 1 aliphatic heterocycles. The molecule has 0 unspecified atom stereocenters. The number of hydrogen-bond donors (Lipinski definition) is 2. The minimum atomic E-state index is 0.814. The molecular weight excluding hydrogens is 236 g/mol. The van der Waals surface area contributed by atoms with Crippen molar-refractivity contribution in [2.45, 2.75) is 19.5 Å². The maximum absolute atomic E-state index is 5.76. The van der Waals surface area contributed by atoms with Crippen molar-refractivity contribution in [2.24, 2.45) is 0 Å². The highest BCUT2D eigenvalue weighted by molar-refractivity contribution is 5.41. The van der Waals surface area contributed by atoms with E-state index < -0.39 is 0 Å². The zero-order chi connectivity index (χ0) is 13.1. The molecule has 0 fully saturated rings. The third kappa shape index (κ3) is 2.88. The van der Waals surface area contributed by atoms with Gasteiger partial charge in [0.2, 0.25) is 0 Å². The molecule has 98 valence electrons. The summed E-state index contributed by atoms with van der Waals surface area (Å²) in [6.07, 6.45) is 1.03. The molecule has 3 heteroatoms. The van der Waals surface area contributed by atoms with Crippen molar-refractivity contribution in [2.75, 3.05) is 12.3 Å². The minimum Gasteiger partial charge on any atom is -0.493 e. The maximum atomic E-state index is 5.76. The molecule has 0 spiro atoms. The first-order chi connectivity index (χ1) is 9.31. The van der Waals surface area contributed by atoms with Gasteiger partial charge in [-0.3, -0.25) is 0 Å². The van der Waals surface area contributed by atoms with Crippen molar-refractivity contribution in [3.05, 3.63) is 59.2 Å². The van der Waals surface area contributed by atoms with Gasteiger partial charge in [0.15, 0.2) is 0 Å². The molecular formula is C16H18N2O. The largest absolute Gasteiger partial charge is 0.493 e. The van der Waals surface area contributed by atoms with Crippen LogP contribution in [-0.4, -0.2) is 6.61 Å². The summed E-state index contributed by atoms with van der Waals surface area (Å²) >= 11 is 0. The second kappa shape index (κ2) is 5.33. The fraction of sp³-hybridized carbons (Fsp3) is 0.250. The smallest absolute Gasteiger partial charge is 0.122 e. The van der Waals surface area contributed by atoms with E-state index >= 15 is 0 Å². The Morgan fingerprint density at radius 2 is 1.89 bits per heavy atom. The van der Waals surface area contributed by atoms with Crippen LogP contribution in [-0.2, 0) is 19.5 Å². The molecule has 1 heterocycles. The standard InChI is InChI=1S/C16H18N2O/c17-15-3-1-2-12(9-15)10-18-11-13-4-5-16-14(8-13)6-7-19-16/h1-5,8-9,18H,6-7,10-11,17H2. The molecule has 0 radical (unpaired) electrons. The van der Waals surface area contributed by atoms with Gasteiger partial charge in [0.05, 0.1) is 6.61 Å². The number of nitrogens with two attached hydrogens (primary N) is 1. The van der Waals surface area contributed by atoms with E-state index in [4.69, 9.17) is 10.5 Å². The van der Waals surface area contributed by atoms with Crippen LogP contribution in [0, 0.1) is 0 Å². The Bertz CT molecular complexity index is 581. The number of hydrogen-bond acceptors (Lipinski definition) is 3. The normalized spacial score (nSPS) is 13.1. The molecule has 0 amide bonds. The second-order valence-electron chi connectivity index (χ2n) is 4.89. The van der Waals surface area contributed by atoms with Gasteiger partial charge >= 0.3 is 0 Å². The lowest BCUT2D eigenvalue weighted by Gasteiger charge is -2.07. The van der Waals surface area contributed by atoms with Crippen LogP contribution < -0.4 is 15.8 Å². The van der Waals surface area contributed by atoms with Crippen molar-refractivity contribution in [1.29, 1.82) is 0 Å². The van der Waals surface area contributed by atoms with E-state index in [0.717, 1.165) is 37.6 Å². The van der Waals surface area contributed by atoms with Gasteiger partial charge in [-0.1, -0.05) is 24.3 Å². The fourth-order valence-electron chi connectivity index (χ4n) is 2.40. The number of anilines is 1. The Hall–Kier alpha value is -2.00. The topological polar surface area (TPSA) is 47.3 Å². The summed E-state index contributed by atoms with van der Waals surface area (Å²) in [6.45, 7) is 2.51. The van der Waals surface area contributed by atoms with Gasteiger partial charge in [-0.2, -0.15) is 0 Å². The van der Waals surface area contributed by atoms with Crippen LogP contribution >= 0.6 is 0 Å². The third-order valence-electron chi connectivity index (χ3n) is 3.36. The molecule has 2 aromatic carbocycles. The van der Waals surface area contributed by atoms with E-state index in [1.54, 1.807) is 0 Å². The Morgan fingerprint density at radius 1 is 1.05 bits per heavy atom. The Morgan fingerprint density at radius 3 is 2.74 bits per heavy atom. The molecule has 0 saturated carbocycles. The predicted octanol–water partition coefficient (Wildman–Crippen LogP) is 2.49. The van der Waals surface area contributed by atoms with Gasteiger partial charge in [0.1, 0.15) is 5.75 Å². The number of benzene rings is 2. The lowest BCUT2D eigenvalue weighted by Crippen LogP contribution is -2.12. The molecule has 3 nitrogen and oxygen atoms in total. The van der Waals surface area contributed by atoms with Gasteiger partial charge in [-0.05, 0) is 34.9 Å². The van der Waals surface area contributed by atoms with Crippen LogP contribution in [0.3, 0.4) is 0 Å². The van der Waals surface area contributed by atoms with Crippen molar-refractivity contribution >= 4 is 5.69 Å². The highest BCUT2D eigenvalue weighted by atomic mass is 16.5. The van der Waals surface area contributed by atoms with E-state index in [2.05, 4.69) is 29.6 Å². The molecule has 0 bridgehead atoms. The van der Waals surface area contributed by atoms with Gasteiger partial charge in [0, 0.05) is 25.2 Å². The summed E-state index contributed by atoms with van der Waals surface area (Å²) in [5, 5.41) is 3.44. The number of ether oxygens (including phenoxy) is 1. The summed E-state index contributed by atoms with van der Waals surface area (Å²) in [5.41, 5.74) is 10.4. The van der Waals surface area contributed by atoms with Crippen molar-refractivity contribution in [3.8, 4) is 5.75 Å². The first-order valence-corrected chi connectivity index (χ1v) is 6.61. The van der Waals surface area contributed by atoms with E-state index in [0.29, 0.717) is 0 Å². The predicted molar refractivity (Wildman–Crippen MR) is 77.0 cm³/mol. The molecule has 0 aliphatic carbocycles. The van der Waals surface area contributed by atoms with Crippen LogP contribution in [0.2, 0.25) is 0 Å². The molecule has 2 aromatic rings. The molecule has 1 aliphatic rings. The average Bonchev–Trinajstić information content (AvgIpc) is 2.86. The highest BCUT2D eigenvalue weighted by Crippen LogP contribution is 2.25. The molecule has 0 atom stereocenters. The highest BCUT2D eigenvalue weighted by Gasteiger charge is 2.11. The van der Waals surface area contributed by atoms with Crippen molar-refractivity contribution in [1.82, 2.24) is 5.32 Å². The minimum absolute atomic E-state index is 0.814. The summed E-state index contributed by atoms with van der Waals surface area (Å²) in [5.74, 6) is 1.04. The van der Waals surface area contributed by atoms with Crippen LogP contribution in [0.4, 0.5) is 5.69 Å². The maximum Gasteiger partial charge on any atom is 0.122 e. The number of nitrogens with one attached hydrogen (secondary N) is 1. The first kappa shape index (κ1) is 12.1. The molecule has 0 aromatic heterocycles. The third-order valence-corrected chi connectivity index (χ3v) is 3.36. The molecule has 3 N–H and O–H groups in total.